The molecule has 2 amide bonds. The number of fused-ring (bicyclic) bond motifs is 1. The van der Waals surface area contributed by atoms with E-state index in [-0.39, 0.29) is 48.4 Å². The van der Waals surface area contributed by atoms with Crippen LogP contribution in [0.15, 0.2) is 77.4 Å². The Balaban J connectivity index is 1.15. The Kier molecular flexibility index (Phi) is 7.07. The van der Waals surface area contributed by atoms with Crippen LogP contribution >= 0.6 is 0 Å². The maximum Gasteiger partial charge on any atom is 0.273 e. The summed E-state index contributed by atoms with van der Waals surface area (Å²) >= 11 is 0. The summed E-state index contributed by atoms with van der Waals surface area (Å²) < 4.78 is 24.6. The molecule has 1 atom stereocenters. The lowest BCUT2D eigenvalue weighted by Gasteiger charge is -2.38. The van der Waals surface area contributed by atoms with Gasteiger partial charge in [-0.25, -0.2) is 9.37 Å². The molecule has 0 bridgehead atoms. The van der Waals surface area contributed by atoms with Gasteiger partial charge in [0.1, 0.15) is 17.8 Å². The van der Waals surface area contributed by atoms with E-state index in [1.165, 1.54) is 29.5 Å². The molecule has 7 nitrogen and oxygen atoms in total. The monoisotopic (exact) mass is 539 g/mol. The number of carbonyl (C=O) groups is 2. The number of hydrogen-bond acceptors (Lipinski definition) is 5. The van der Waals surface area contributed by atoms with Crippen LogP contribution in [0.3, 0.4) is 0 Å². The molecule has 2 heterocycles. The normalized spacial score (nSPS) is 16.4. The zero-order valence-corrected chi connectivity index (χ0v) is 22.2. The van der Waals surface area contributed by atoms with Crippen molar-refractivity contribution in [3.05, 3.63) is 118 Å². The first-order valence-corrected chi connectivity index (χ1v) is 13.5. The van der Waals surface area contributed by atoms with Gasteiger partial charge in [0.2, 0.25) is 11.8 Å². The minimum atomic E-state index is -0.394. The summed E-state index contributed by atoms with van der Waals surface area (Å²) in [6.07, 6.45) is 4.02. The van der Waals surface area contributed by atoms with Crippen molar-refractivity contribution >= 4 is 11.8 Å². The van der Waals surface area contributed by atoms with E-state index in [9.17, 15) is 14.0 Å². The molecule has 2 aliphatic rings. The number of aryl methyl sites for hydroxylation is 1. The van der Waals surface area contributed by atoms with Crippen molar-refractivity contribution in [3.63, 3.8) is 0 Å². The average molecular weight is 540 g/mol. The van der Waals surface area contributed by atoms with Crippen LogP contribution in [0.25, 0.3) is 0 Å². The lowest BCUT2D eigenvalue weighted by molar-refractivity contribution is -0.134. The number of halogens is 1. The summed E-state index contributed by atoms with van der Waals surface area (Å²) in [5.74, 6) is 0.551. The van der Waals surface area contributed by atoms with E-state index in [1.54, 1.807) is 12.1 Å². The van der Waals surface area contributed by atoms with Crippen molar-refractivity contribution in [1.82, 2.24) is 15.2 Å². The van der Waals surface area contributed by atoms with E-state index in [1.807, 2.05) is 17.0 Å². The smallest absolute Gasteiger partial charge is 0.273 e. The molecule has 0 saturated heterocycles. The van der Waals surface area contributed by atoms with E-state index < -0.39 is 5.91 Å². The molecule has 0 unspecified atom stereocenters. The Bertz CT molecular complexity index is 1530. The third-order valence-electron chi connectivity index (χ3n) is 7.46. The quantitative estimate of drug-likeness (QED) is 0.319. The molecule has 0 radical (unpaired) electrons. The van der Waals surface area contributed by atoms with Crippen LogP contribution in [0.2, 0.25) is 0 Å². The summed E-state index contributed by atoms with van der Waals surface area (Å²) in [4.78, 5) is 32.0. The van der Waals surface area contributed by atoms with Crippen molar-refractivity contribution in [2.75, 3.05) is 6.54 Å². The van der Waals surface area contributed by atoms with Gasteiger partial charge in [-0.2, -0.15) is 0 Å². The predicted molar refractivity (Wildman–Crippen MR) is 146 cm³/mol. The Labute approximate surface area is 232 Å². The van der Waals surface area contributed by atoms with Crippen molar-refractivity contribution in [2.24, 2.45) is 5.92 Å². The van der Waals surface area contributed by atoms with Crippen molar-refractivity contribution < 1.29 is 23.1 Å². The summed E-state index contributed by atoms with van der Waals surface area (Å²) in [6, 6.07) is 20.1. The second-order valence-corrected chi connectivity index (χ2v) is 10.5. The second-order valence-electron chi connectivity index (χ2n) is 10.5. The predicted octanol–water partition coefficient (Wildman–Crippen LogP) is 5.52. The summed E-state index contributed by atoms with van der Waals surface area (Å²) in [7, 11) is 0. The molecule has 1 fully saturated rings. The zero-order valence-electron chi connectivity index (χ0n) is 22.2. The van der Waals surface area contributed by atoms with E-state index in [2.05, 4.69) is 47.6 Å². The van der Waals surface area contributed by atoms with Crippen molar-refractivity contribution in [2.45, 2.75) is 45.4 Å². The molecular weight excluding hydrogens is 509 g/mol. The Morgan fingerprint density at radius 3 is 2.60 bits per heavy atom. The van der Waals surface area contributed by atoms with Gasteiger partial charge >= 0.3 is 0 Å². The highest BCUT2D eigenvalue weighted by Gasteiger charge is 2.39. The lowest BCUT2D eigenvalue weighted by Crippen LogP contribution is -2.41. The molecule has 1 saturated carbocycles. The number of carbonyl (C=O) groups excluding carboxylic acids is 2. The first kappa shape index (κ1) is 25.8. The number of aromatic nitrogens is 1. The van der Waals surface area contributed by atoms with E-state index in [4.69, 9.17) is 9.15 Å². The highest BCUT2D eigenvalue weighted by molar-refractivity contribution is 5.91. The fraction of sp³-hybridized carbons (Fsp3) is 0.281. The highest BCUT2D eigenvalue weighted by atomic mass is 19.1. The van der Waals surface area contributed by atoms with Crippen LogP contribution < -0.4 is 10.1 Å². The fourth-order valence-electron chi connectivity index (χ4n) is 5.10. The van der Waals surface area contributed by atoms with Gasteiger partial charge in [-0.1, -0.05) is 48.0 Å². The molecule has 204 valence electrons. The molecule has 40 heavy (non-hydrogen) atoms. The topological polar surface area (TPSA) is 84.7 Å². The SMILES string of the molecule is Cc1ccc([C@H]2c3cc(OCc4nc(C(=O)NCc5ccc(F)cc5)co4)ccc3CCN2C(=O)C2CC2)cc1. The van der Waals surface area contributed by atoms with Gasteiger partial charge < -0.3 is 19.4 Å². The van der Waals surface area contributed by atoms with Crippen LogP contribution in [0.5, 0.6) is 5.75 Å². The third kappa shape index (κ3) is 5.61. The highest BCUT2D eigenvalue weighted by Crippen LogP contribution is 2.41. The lowest BCUT2D eigenvalue weighted by atomic mass is 9.87. The summed E-state index contributed by atoms with van der Waals surface area (Å²) in [5, 5.41) is 2.75. The third-order valence-corrected chi connectivity index (χ3v) is 7.46. The van der Waals surface area contributed by atoms with Crippen LogP contribution in [-0.4, -0.2) is 28.2 Å². The van der Waals surface area contributed by atoms with Gasteiger partial charge in [0.15, 0.2) is 12.3 Å². The Hall–Kier alpha value is -4.46. The van der Waals surface area contributed by atoms with E-state index in [0.29, 0.717) is 12.3 Å². The maximum absolute atomic E-state index is 13.2. The summed E-state index contributed by atoms with van der Waals surface area (Å²) in [6.45, 7) is 3.05. The molecular formula is C32H30FN3O4. The maximum atomic E-state index is 13.2. The van der Waals surface area contributed by atoms with Crippen molar-refractivity contribution in [1.29, 1.82) is 0 Å². The van der Waals surface area contributed by atoms with Gasteiger partial charge in [0.25, 0.3) is 5.91 Å². The Morgan fingerprint density at radius 1 is 1.07 bits per heavy atom. The van der Waals surface area contributed by atoms with Gasteiger partial charge in [0.05, 0.1) is 6.04 Å². The molecule has 1 aromatic heterocycles. The van der Waals surface area contributed by atoms with Gasteiger partial charge in [0, 0.05) is 19.0 Å². The summed E-state index contributed by atoms with van der Waals surface area (Å²) in [5.41, 5.74) is 5.44. The van der Waals surface area contributed by atoms with Crippen LogP contribution in [0.1, 0.15) is 63.1 Å². The molecule has 1 aliphatic carbocycles. The average Bonchev–Trinajstić information content (AvgIpc) is 3.72. The number of amides is 2. The fourth-order valence-corrected chi connectivity index (χ4v) is 5.10. The number of rotatable bonds is 8. The molecule has 1 N–H and O–H groups in total. The van der Waals surface area contributed by atoms with Crippen LogP contribution in [0, 0.1) is 18.7 Å². The van der Waals surface area contributed by atoms with E-state index >= 15 is 0 Å². The van der Waals surface area contributed by atoms with E-state index in [0.717, 1.165) is 36.0 Å². The molecule has 4 aromatic rings. The first-order valence-electron chi connectivity index (χ1n) is 13.5. The molecule has 0 spiro atoms. The first-order chi connectivity index (χ1) is 19.4. The number of benzene rings is 3. The van der Waals surface area contributed by atoms with Gasteiger partial charge in [-0.3, -0.25) is 9.59 Å². The molecule has 8 heteroatoms. The molecule has 6 rings (SSSR count). The number of ether oxygens (including phenoxy) is 1. The largest absolute Gasteiger partial charge is 0.484 e. The van der Waals surface area contributed by atoms with Gasteiger partial charge in [-0.15, -0.1) is 0 Å². The minimum absolute atomic E-state index is 0.0456. The standard InChI is InChI=1S/C32H30FN3O4/c1-20-2-6-23(7-3-20)30-27-16-26(13-10-22(27)14-15-36(30)32(38)24-8-9-24)39-19-29-35-28(18-40-29)31(37)34-17-21-4-11-25(33)12-5-21/h2-7,10-13,16,18,24,30H,8-9,14-15,17,19H2,1H3,(H,34,37)/t30-/m0/s1. The number of nitrogens with zero attached hydrogens (tertiary/aromatic N) is 2. The second kappa shape index (κ2) is 11.0. The number of nitrogens with one attached hydrogen (secondary N) is 1. The number of hydrogen-bond donors (Lipinski definition) is 1. The number of oxazole rings is 1. The van der Waals surface area contributed by atoms with Crippen LogP contribution in [-0.2, 0) is 24.4 Å². The van der Waals surface area contributed by atoms with Gasteiger partial charge in [-0.05, 0) is 72.7 Å². The van der Waals surface area contributed by atoms with Crippen molar-refractivity contribution in [3.8, 4) is 5.75 Å². The minimum Gasteiger partial charge on any atom is -0.484 e. The molecule has 3 aromatic carbocycles. The van der Waals surface area contributed by atoms with Crippen LogP contribution in [0.4, 0.5) is 4.39 Å². The molecule has 1 aliphatic heterocycles. The Morgan fingerprint density at radius 2 is 1.85 bits per heavy atom. The zero-order chi connectivity index (χ0) is 27.6.